The molecule has 1 saturated heterocycles. The molecule has 0 N–H and O–H groups in total. The molecule has 0 aromatic heterocycles. The maximum absolute atomic E-state index is 11.6. The number of cyclic esters (lactones) is 1. The lowest BCUT2D eigenvalue weighted by molar-refractivity contribution is -0.153. The van der Waals surface area contributed by atoms with Crippen molar-refractivity contribution in [3.8, 4) is 12.3 Å². The van der Waals surface area contributed by atoms with Crippen molar-refractivity contribution in [3.63, 3.8) is 0 Å². The maximum Gasteiger partial charge on any atom is 0.310 e. The Labute approximate surface area is 128 Å². The number of carbonyl (C=O) groups excluding carboxylic acids is 1. The van der Waals surface area contributed by atoms with Crippen molar-refractivity contribution in [2.75, 3.05) is 20.5 Å². The Morgan fingerprint density at radius 2 is 2.10 bits per heavy atom. The number of hydrogen-bond acceptors (Lipinski definition) is 5. The van der Waals surface area contributed by atoms with Crippen LogP contribution in [0.4, 0.5) is 0 Å². The second-order valence-electron chi connectivity index (χ2n) is 6.82. The van der Waals surface area contributed by atoms with Gasteiger partial charge in [-0.05, 0) is 18.1 Å². The van der Waals surface area contributed by atoms with Gasteiger partial charge in [0.05, 0.1) is 13.0 Å². The van der Waals surface area contributed by atoms with Crippen LogP contribution in [-0.4, -0.2) is 46.5 Å². The Balaban J connectivity index is 2.84. The average molecular weight is 314 g/mol. The van der Waals surface area contributed by atoms with Crippen LogP contribution in [0.2, 0.25) is 18.1 Å². The molecule has 0 spiro atoms. The van der Waals surface area contributed by atoms with E-state index in [-0.39, 0.29) is 30.8 Å². The highest BCUT2D eigenvalue weighted by Gasteiger charge is 2.51. The van der Waals surface area contributed by atoms with Gasteiger partial charge in [0.1, 0.15) is 12.9 Å². The van der Waals surface area contributed by atoms with E-state index in [4.69, 9.17) is 25.1 Å². The van der Waals surface area contributed by atoms with E-state index in [1.54, 1.807) is 0 Å². The third-order valence-corrected chi connectivity index (χ3v) is 8.73. The van der Waals surface area contributed by atoms with E-state index in [1.165, 1.54) is 7.11 Å². The monoisotopic (exact) mass is 314 g/mol. The number of esters is 1. The van der Waals surface area contributed by atoms with E-state index in [1.807, 2.05) is 0 Å². The SMILES string of the molecule is C#C[C@]1(CO[Si](C)(C)C(C)(C)C)OC(=O)C[C@@H]1OCOC. The van der Waals surface area contributed by atoms with E-state index in [2.05, 4.69) is 39.8 Å². The first-order valence-corrected chi connectivity index (χ1v) is 9.93. The predicted molar refractivity (Wildman–Crippen MR) is 82.2 cm³/mol. The second-order valence-corrected chi connectivity index (χ2v) is 11.6. The minimum Gasteiger partial charge on any atom is -0.440 e. The molecule has 0 aromatic carbocycles. The summed E-state index contributed by atoms with van der Waals surface area (Å²) in [5, 5.41) is 0.0499. The number of terminal acetylenes is 1. The predicted octanol–water partition coefficient (Wildman–Crippen LogP) is 2.32. The largest absolute Gasteiger partial charge is 0.440 e. The van der Waals surface area contributed by atoms with E-state index in [9.17, 15) is 4.79 Å². The quantitative estimate of drug-likeness (QED) is 0.326. The summed E-state index contributed by atoms with van der Waals surface area (Å²) in [6, 6.07) is 0. The molecule has 1 aliphatic heterocycles. The van der Waals surface area contributed by atoms with Crippen molar-refractivity contribution in [2.45, 2.75) is 57.0 Å². The summed E-state index contributed by atoms with van der Waals surface area (Å²) in [5.74, 6) is 2.20. The highest BCUT2D eigenvalue weighted by molar-refractivity contribution is 6.74. The first-order valence-electron chi connectivity index (χ1n) is 7.02. The fourth-order valence-electron chi connectivity index (χ4n) is 1.76. The number of methoxy groups -OCH3 is 1. The summed E-state index contributed by atoms with van der Waals surface area (Å²) < 4.78 is 21.9. The van der Waals surface area contributed by atoms with Crippen LogP contribution < -0.4 is 0 Å². The van der Waals surface area contributed by atoms with Crippen LogP contribution in [0.5, 0.6) is 0 Å². The molecule has 0 amide bonds. The first-order chi connectivity index (χ1) is 9.58. The van der Waals surface area contributed by atoms with Crippen LogP contribution in [0.1, 0.15) is 27.2 Å². The van der Waals surface area contributed by atoms with E-state index in [0.717, 1.165) is 0 Å². The topological polar surface area (TPSA) is 54.0 Å². The molecule has 0 saturated carbocycles. The van der Waals surface area contributed by atoms with Crippen LogP contribution >= 0.6 is 0 Å². The van der Waals surface area contributed by atoms with Gasteiger partial charge in [-0.2, -0.15) is 0 Å². The molecule has 1 aliphatic rings. The Hall–Kier alpha value is -0.873. The maximum atomic E-state index is 11.6. The fraction of sp³-hybridized carbons (Fsp3) is 0.800. The molecule has 5 nitrogen and oxygen atoms in total. The molecular formula is C15H26O5Si. The summed E-state index contributed by atoms with van der Waals surface area (Å²) in [4.78, 5) is 11.6. The number of rotatable bonds is 6. The van der Waals surface area contributed by atoms with Gasteiger partial charge < -0.3 is 18.6 Å². The van der Waals surface area contributed by atoms with Crippen molar-refractivity contribution < 1.29 is 23.4 Å². The summed E-state index contributed by atoms with van der Waals surface area (Å²) >= 11 is 0. The Morgan fingerprint density at radius 3 is 2.57 bits per heavy atom. The Morgan fingerprint density at radius 1 is 1.48 bits per heavy atom. The Bertz CT molecular complexity index is 421. The molecule has 1 rings (SSSR count). The van der Waals surface area contributed by atoms with Gasteiger partial charge in [-0.25, -0.2) is 0 Å². The smallest absolute Gasteiger partial charge is 0.310 e. The van der Waals surface area contributed by atoms with Crippen LogP contribution in [-0.2, 0) is 23.4 Å². The molecule has 0 unspecified atom stereocenters. The lowest BCUT2D eigenvalue weighted by Crippen LogP contribution is -2.50. The summed E-state index contributed by atoms with van der Waals surface area (Å²) in [6.45, 7) is 10.9. The highest BCUT2D eigenvalue weighted by atomic mass is 28.4. The van der Waals surface area contributed by atoms with Gasteiger partial charge in [0, 0.05) is 7.11 Å². The van der Waals surface area contributed by atoms with Crippen LogP contribution in [0.15, 0.2) is 0 Å². The first kappa shape index (κ1) is 18.2. The second kappa shape index (κ2) is 6.49. The summed E-state index contributed by atoms with van der Waals surface area (Å²) in [5.41, 5.74) is -1.16. The van der Waals surface area contributed by atoms with Gasteiger partial charge in [-0.15, -0.1) is 6.42 Å². The van der Waals surface area contributed by atoms with E-state index < -0.39 is 20.0 Å². The van der Waals surface area contributed by atoms with Crippen molar-refractivity contribution in [1.29, 1.82) is 0 Å². The summed E-state index contributed by atoms with van der Waals surface area (Å²) in [7, 11) is -0.477. The third-order valence-electron chi connectivity index (χ3n) is 4.25. The van der Waals surface area contributed by atoms with E-state index in [0.29, 0.717) is 0 Å². The van der Waals surface area contributed by atoms with Crippen molar-refractivity contribution in [1.82, 2.24) is 0 Å². The lowest BCUT2D eigenvalue weighted by atomic mass is 9.99. The van der Waals surface area contributed by atoms with Crippen LogP contribution in [0.25, 0.3) is 0 Å². The van der Waals surface area contributed by atoms with Crippen molar-refractivity contribution in [2.24, 2.45) is 0 Å². The number of hydrogen-bond donors (Lipinski definition) is 0. The van der Waals surface area contributed by atoms with Gasteiger partial charge in [0.2, 0.25) is 5.60 Å². The zero-order chi connectivity index (χ0) is 16.3. The molecule has 0 bridgehead atoms. The van der Waals surface area contributed by atoms with Gasteiger partial charge >= 0.3 is 5.97 Å². The summed E-state index contributed by atoms with van der Waals surface area (Å²) in [6.07, 6.45) is 5.20. The molecule has 0 aromatic rings. The Kier molecular flexibility index (Phi) is 5.61. The standard InChI is InChI=1S/C15H26O5Si/c1-8-15(10-19-21(6,7)14(2,3)4)12(18-11-17-5)9-13(16)20-15/h1,12H,9-11H2,2-7H3/t12-,15+/m0/s1. The van der Waals surface area contributed by atoms with Crippen molar-refractivity contribution in [3.05, 3.63) is 0 Å². The minimum absolute atomic E-state index is 0.0499. The number of carbonyl (C=O) groups is 1. The zero-order valence-electron chi connectivity index (χ0n) is 13.8. The minimum atomic E-state index is -1.99. The third kappa shape index (κ3) is 4.07. The zero-order valence-corrected chi connectivity index (χ0v) is 14.8. The molecule has 0 aliphatic carbocycles. The van der Waals surface area contributed by atoms with Crippen LogP contribution in [0, 0.1) is 12.3 Å². The van der Waals surface area contributed by atoms with Crippen LogP contribution in [0.3, 0.4) is 0 Å². The van der Waals surface area contributed by atoms with Gasteiger partial charge in [-0.3, -0.25) is 4.79 Å². The molecule has 6 heteroatoms. The normalized spacial score (nSPS) is 26.5. The molecule has 1 fully saturated rings. The molecule has 0 radical (unpaired) electrons. The molecule has 2 atom stereocenters. The van der Waals surface area contributed by atoms with Crippen molar-refractivity contribution >= 4 is 14.3 Å². The lowest BCUT2D eigenvalue weighted by Gasteiger charge is -2.39. The van der Waals surface area contributed by atoms with E-state index >= 15 is 0 Å². The molecule has 1 heterocycles. The molecule has 120 valence electrons. The average Bonchev–Trinajstić information content (AvgIpc) is 2.69. The van der Waals surface area contributed by atoms with Gasteiger partial charge in [0.15, 0.2) is 8.32 Å². The fourth-order valence-corrected chi connectivity index (χ4v) is 2.77. The molecular weight excluding hydrogens is 288 g/mol. The van der Waals surface area contributed by atoms with Gasteiger partial charge in [-0.1, -0.05) is 26.7 Å². The van der Waals surface area contributed by atoms with Gasteiger partial charge in [0.25, 0.3) is 0 Å². The number of ether oxygens (including phenoxy) is 3. The molecule has 21 heavy (non-hydrogen) atoms. The highest BCUT2D eigenvalue weighted by Crippen LogP contribution is 2.38.